The number of hydrogen-bond donors (Lipinski definition) is 1. The van der Waals surface area contributed by atoms with Gasteiger partial charge in [0.15, 0.2) is 11.6 Å². The number of aliphatic hydroxyl groups is 1. The molecule has 0 saturated carbocycles. The van der Waals surface area contributed by atoms with Gasteiger partial charge in [-0.2, -0.15) is 0 Å². The summed E-state index contributed by atoms with van der Waals surface area (Å²) in [4.78, 5) is 24.8. The summed E-state index contributed by atoms with van der Waals surface area (Å²) in [5.41, 5.74) is 1.03. The van der Waals surface area contributed by atoms with Crippen LogP contribution in [0.3, 0.4) is 0 Å². The maximum Gasteiger partial charge on any atom is 0.183 e. The van der Waals surface area contributed by atoms with Gasteiger partial charge in [0, 0.05) is 6.54 Å². The third kappa shape index (κ3) is 2.65. The van der Waals surface area contributed by atoms with Crippen LogP contribution in [0.1, 0.15) is 12.5 Å². The number of rotatable bonds is 3. The zero-order chi connectivity index (χ0) is 13.1. The summed E-state index contributed by atoms with van der Waals surface area (Å²) in [7, 11) is 0. The Labute approximate surface area is 106 Å². The molecule has 0 radical (unpaired) electrons. The summed E-state index contributed by atoms with van der Waals surface area (Å²) in [5, 5.41) is 9.75. The summed E-state index contributed by atoms with van der Waals surface area (Å²) in [6.45, 7) is 2.31. The van der Waals surface area contributed by atoms with Gasteiger partial charge in [-0.3, -0.25) is 14.5 Å². The van der Waals surface area contributed by atoms with Gasteiger partial charge in [0.25, 0.3) is 0 Å². The lowest BCUT2D eigenvalue weighted by molar-refractivity contribution is -0.122. The Kier molecular flexibility index (Phi) is 3.58. The summed E-state index contributed by atoms with van der Waals surface area (Å²) in [5.74, 6) is -0.784. The van der Waals surface area contributed by atoms with Gasteiger partial charge in [0.1, 0.15) is 11.3 Å². The van der Waals surface area contributed by atoms with E-state index in [1.807, 2.05) is 35.2 Å². The maximum absolute atomic E-state index is 11.8. The van der Waals surface area contributed by atoms with Crippen LogP contribution in [-0.2, 0) is 16.1 Å². The summed E-state index contributed by atoms with van der Waals surface area (Å²) in [6.07, 6.45) is 0. The Morgan fingerprint density at radius 2 is 1.94 bits per heavy atom. The van der Waals surface area contributed by atoms with Crippen molar-refractivity contribution < 1.29 is 14.7 Å². The Bertz CT molecular complexity index is 505. The highest BCUT2D eigenvalue weighted by Crippen LogP contribution is 2.16. The van der Waals surface area contributed by atoms with Crippen molar-refractivity contribution in [3.63, 3.8) is 0 Å². The third-order valence-electron chi connectivity index (χ3n) is 2.91. The number of carbonyl (C=O) groups excluding carboxylic acids is 2. The molecule has 4 heteroatoms. The van der Waals surface area contributed by atoms with Gasteiger partial charge in [-0.15, -0.1) is 0 Å². The second-order valence-corrected chi connectivity index (χ2v) is 4.43. The fourth-order valence-electron chi connectivity index (χ4n) is 2.14. The molecule has 0 bridgehead atoms. The van der Waals surface area contributed by atoms with Crippen molar-refractivity contribution in [2.45, 2.75) is 13.5 Å². The van der Waals surface area contributed by atoms with Crippen LogP contribution < -0.4 is 0 Å². The van der Waals surface area contributed by atoms with Crippen molar-refractivity contribution in [3.8, 4) is 0 Å². The molecule has 4 nitrogen and oxygen atoms in total. The second kappa shape index (κ2) is 5.14. The molecule has 1 aliphatic rings. The fourth-order valence-corrected chi connectivity index (χ4v) is 2.14. The summed E-state index contributed by atoms with van der Waals surface area (Å²) in [6, 6.07) is 9.71. The Balaban J connectivity index is 2.12. The molecule has 0 amide bonds. The maximum atomic E-state index is 11.8. The first kappa shape index (κ1) is 12.5. The average Bonchev–Trinajstić information content (AvgIpc) is 2.28. The van der Waals surface area contributed by atoms with Gasteiger partial charge >= 0.3 is 0 Å². The minimum Gasteiger partial charge on any atom is -0.510 e. The first-order valence-corrected chi connectivity index (χ1v) is 5.80. The van der Waals surface area contributed by atoms with Gasteiger partial charge in [0.05, 0.1) is 13.1 Å². The zero-order valence-electron chi connectivity index (χ0n) is 10.2. The lowest BCUT2D eigenvalue weighted by atomic mass is 10.0. The number of Topliss-reactive ketones (excluding diaryl/α,β-unsaturated/α-hetero) is 2. The minimum atomic E-state index is -0.364. The molecule has 2 rings (SSSR count). The molecule has 1 aliphatic heterocycles. The minimum absolute atomic E-state index is 0.0423. The fraction of sp³-hybridized carbons (Fsp3) is 0.286. The Hall–Kier alpha value is -1.94. The zero-order valence-corrected chi connectivity index (χ0v) is 10.2. The predicted molar refractivity (Wildman–Crippen MR) is 67.1 cm³/mol. The monoisotopic (exact) mass is 245 g/mol. The van der Waals surface area contributed by atoms with E-state index in [4.69, 9.17) is 0 Å². The van der Waals surface area contributed by atoms with Gasteiger partial charge in [-0.25, -0.2) is 0 Å². The number of benzene rings is 1. The number of hydrogen-bond acceptors (Lipinski definition) is 4. The number of carbonyl (C=O) groups is 2. The van der Waals surface area contributed by atoms with Crippen LogP contribution in [-0.4, -0.2) is 34.7 Å². The molecule has 0 spiro atoms. The van der Waals surface area contributed by atoms with Crippen molar-refractivity contribution in [3.05, 3.63) is 47.2 Å². The first-order chi connectivity index (χ1) is 8.58. The van der Waals surface area contributed by atoms with Gasteiger partial charge in [-0.05, 0) is 12.5 Å². The third-order valence-corrected chi connectivity index (χ3v) is 2.91. The largest absolute Gasteiger partial charge is 0.510 e. The van der Waals surface area contributed by atoms with Crippen molar-refractivity contribution in [1.29, 1.82) is 0 Å². The van der Waals surface area contributed by atoms with Crippen LogP contribution >= 0.6 is 0 Å². The van der Waals surface area contributed by atoms with Crippen LogP contribution in [0.4, 0.5) is 0 Å². The molecule has 1 aromatic carbocycles. The van der Waals surface area contributed by atoms with E-state index >= 15 is 0 Å². The normalized spacial score (nSPS) is 17.1. The topological polar surface area (TPSA) is 57.6 Å². The van der Waals surface area contributed by atoms with Gasteiger partial charge in [0.2, 0.25) is 0 Å². The quantitative estimate of drug-likeness (QED) is 0.819. The standard InChI is InChI=1S/C14H15NO3/c1-10(16)14-12(17)8-15(9-13(14)18)7-11-5-3-2-4-6-11/h2-6,17H,7-9H2,1H3. The second-order valence-electron chi connectivity index (χ2n) is 4.43. The molecule has 94 valence electrons. The molecule has 0 aliphatic carbocycles. The number of nitrogens with zero attached hydrogens (tertiary/aromatic N) is 1. The molecule has 0 atom stereocenters. The first-order valence-electron chi connectivity index (χ1n) is 5.80. The molecule has 0 unspecified atom stereocenters. The van der Waals surface area contributed by atoms with Crippen molar-refractivity contribution >= 4 is 11.6 Å². The van der Waals surface area contributed by atoms with Crippen molar-refractivity contribution in [1.82, 2.24) is 4.90 Å². The summed E-state index contributed by atoms with van der Waals surface area (Å²) < 4.78 is 0. The Morgan fingerprint density at radius 1 is 1.28 bits per heavy atom. The summed E-state index contributed by atoms with van der Waals surface area (Å²) >= 11 is 0. The van der Waals surface area contributed by atoms with Crippen molar-refractivity contribution in [2.24, 2.45) is 0 Å². The van der Waals surface area contributed by atoms with Crippen LogP contribution in [0.25, 0.3) is 0 Å². The molecule has 18 heavy (non-hydrogen) atoms. The van der Waals surface area contributed by atoms with E-state index in [1.165, 1.54) is 6.92 Å². The molecular weight excluding hydrogens is 230 g/mol. The molecule has 0 saturated heterocycles. The Morgan fingerprint density at radius 3 is 2.50 bits per heavy atom. The van der Waals surface area contributed by atoms with E-state index in [0.29, 0.717) is 6.54 Å². The van der Waals surface area contributed by atoms with Crippen LogP contribution in [0.2, 0.25) is 0 Å². The van der Waals surface area contributed by atoms with E-state index in [0.717, 1.165) is 5.56 Å². The SMILES string of the molecule is CC(=O)C1=C(O)CN(Cc2ccccc2)CC1=O. The number of aliphatic hydroxyl groups excluding tert-OH is 1. The molecule has 1 aromatic rings. The van der Waals surface area contributed by atoms with Crippen molar-refractivity contribution in [2.75, 3.05) is 13.1 Å². The molecule has 0 aromatic heterocycles. The number of ketones is 2. The molecule has 1 heterocycles. The highest BCUT2D eigenvalue weighted by molar-refractivity contribution is 6.20. The molecule has 0 fully saturated rings. The van der Waals surface area contributed by atoms with Crippen LogP contribution in [0.15, 0.2) is 41.7 Å². The lowest BCUT2D eigenvalue weighted by Crippen LogP contribution is -2.38. The highest BCUT2D eigenvalue weighted by atomic mass is 16.3. The van der Waals surface area contributed by atoms with Gasteiger partial charge < -0.3 is 5.11 Å². The van der Waals surface area contributed by atoms with E-state index < -0.39 is 0 Å². The van der Waals surface area contributed by atoms with E-state index in [-0.39, 0.29) is 36.0 Å². The van der Waals surface area contributed by atoms with Crippen LogP contribution in [0.5, 0.6) is 0 Å². The van der Waals surface area contributed by atoms with Gasteiger partial charge in [-0.1, -0.05) is 30.3 Å². The molecule has 1 N–H and O–H groups in total. The van der Waals surface area contributed by atoms with E-state index in [2.05, 4.69) is 0 Å². The van der Waals surface area contributed by atoms with E-state index in [9.17, 15) is 14.7 Å². The average molecular weight is 245 g/mol. The van der Waals surface area contributed by atoms with E-state index in [1.54, 1.807) is 0 Å². The highest BCUT2D eigenvalue weighted by Gasteiger charge is 2.28. The smallest absolute Gasteiger partial charge is 0.183 e. The van der Waals surface area contributed by atoms with Crippen LogP contribution in [0, 0.1) is 0 Å². The predicted octanol–water partition coefficient (Wildman–Crippen LogP) is 1.47. The lowest BCUT2D eigenvalue weighted by Gasteiger charge is -2.26. The molecular formula is C14H15NO3.